The zero-order valence-corrected chi connectivity index (χ0v) is 35.2. The minimum Gasteiger partial charge on any atom is -0.310 e. The summed E-state index contributed by atoms with van der Waals surface area (Å²) in [6.45, 7) is 0.725. The summed E-state index contributed by atoms with van der Waals surface area (Å²) in [5.74, 6) is 0. The van der Waals surface area contributed by atoms with Crippen LogP contribution in [0.15, 0.2) is 231 Å². The van der Waals surface area contributed by atoms with Crippen LogP contribution in [0.3, 0.4) is 0 Å². The van der Waals surface area contributed by atoms with Crippen molar-refractivity contribution in [2.75, 3.05) is 4.90 Å². The number of anilines is 3. The average molecular weight is 821 g/mol. The number of rotatable bonds is 6. The highest BCUT2D eigenvalue weighted by molar-refractivity contribution is 5.96. The van der Waals surface area contributed by atoms with Gasteiger partial charge in [-0.05, 0) is 125 Å². The first-order valence-electron chi connectivity index (χ1n) is 22.3. The second kappa shape index (κ2) is 14.8. The van der Waals surface area contributed by atoms with Gasteiger partial charge in [-0.2, -0.15) is 0 Å². The molecule has 2 N–H and O–H groups in total. The Morgan fingerprint density at radius 2 is 0.953 bits per heavy atom. The van der Waals surface area contributed by atoms with E-state index in [4.69, 9.17) is 0 Å². The quantitative estimate of drug-likeness (QED) is 0.175. The first-order chi connectivity index (χ1) is 31.7. The Morgan fingerprint density at radius 3 is 1.66 bits per heavy atom. The molecule has 1 aliphatic carbocycles. The molecule has 3 aliphatic rings. The van der Waals surface area contributed by atoms with E-state index in [0.29, 0.717) is 0 Å². The minimum atomic E-state index is -0.492. The Kier molecular flexibility index (Phi) is 8.53. The van der Waals surface area contributed by atoms with Gasteiger partial charge in [0.2, 0.25) is 0 Å². The number of nitrogens with zero attached hydrogens (tertiary/aromatic N) is 2. The monoisotopic (exact) mass is 820 g/mol. The summed E-state index contributed by atoms with van der Waals surface area (Å²) in [5, 5.41) is 11.3. The van der Waals surface area contributed by atoms with E-state index in [1.807, 2.05) is 0 Å². The molecule has 0 bridgehead atoms. The van der Waals surface area contributed by atoms with E-state index in [0.717, 1.165) is 12.2 Å². The van der Waals surface area contributed by atoms with E-state index in [1.54, 1.807) is 0 Å². The fourth-order valence-corrected chi connectivity index (χ4v) is 11.0. The highest BCUT2D eigenvalue weighted by Gasteiger charge is 2.51. The van der Waals surface area contributed by atoms with Gasteiger partial charge in [0.25, 0.3) is 0 Å². The second-order valence-electron chi connectivity index (χ2n) is 17.4. The SMILES string of the molecule is c1ccc(N2c3ccccc3C3(c4ccccc4-c4ccc(-c5ccc(CN6NC(c7ccc8ccccc8c7)NC6c6ccc7ccccc7c6)cc5)cc43)c3ccccc32)cc1. The maximum Gasteiger partial charge on any atom is 0.101 e. The molecule has 4 heteroatoms. The third kappa shape index (κ3) is 5.74. The molecule has 1 saturated heterocycles. The first kappa shape index (κ1) is 37.0. The molecule has 10 aromatic carbocycles. The Hall–Kier alpha value is -7.60. The maximum atomic E-state index is 3.96. The lowest BCUT2D eigenvalue weighted by molar-refractivity contribution is 0.165. The number of hydrogen-bond donors (Lipinski definition) is 2. The zero-order valence-electron chi connectivity index (χ0n) is 35.2. The second-order valence-corrected chi connectivity index (χ2v) is 17.4. The lowest BCUT2D eigenvalue weighted by Crippen LogP contribution is -2.36. The Labute approximate surface area is 373 Å². The van der Waals surface area contributed by atoms with Gasteiger partial charge in [-0.1, -0.05) is 188 Å². The van der Waals surface area contributed by atoms with Crippen LogP contribution in [-0.4, -0.2) is 5.01 Å². The topological polar surface area (TPSA) is 30.5 Å². The van der Waals surface area contributed by atoms with Crippen LogP contribution in [0.4, 0.5) is 17.1 Å². The summed E-state index contributed by atoms with van der Waals surface area (Å²) in [5.41, 5.74) is 20.9. The molecule has 0 amide bonds. The van der Waals surface area contributed by atoms with Crippen molar-refractivity contribution in [3.8, 4) is 22.3 Å². The van der Waals surface area contributed by atoms with Gasteiger partial charge < -0.3 is 4.90 Å². The van der Waals surface area contributed by atoms with Crippen LogP contribution in [0.2, 0.25) is 0 Å². The summed E-state index contributed by atoms with van der Waals surface area (Å²) in [6.07, 6.45) is -0.0765. The largest absolute Gasteiger partial charge is 0.310 e. The molecule has 1 spiro atoms. The Morgan fingerprint density at radius 1 is 0.406 bits per heavy atom. The number of hydrazine groups is 1. The summed E-state index contributed by atoms with van der Waals surface area (Å²) < 4.78 is 0. The summed E-state index contributed by atoms with van der Waals surface area (Å²) in [6, 6.07) is 85.1. The highest BCUT2D eigenvalue weighted by atomic mass is 15.6. The average Bonchev–Trinajstić information content (AvgIpc) is 3.91. The van der Waals surface area contributed by atoms with Crippen LogP contribution < -0.4 is 15.6 Å². The normalized spacial score (nSPS) is 17.0. The van der Waals surface area contributed by atoms with Gasteiger partial charge in [-0.25, -0.2) is 10.4 Å². The smallest absolute Gasteiger partial charge is 0.101 e. The van der Waals surface area contributed by atoms with Gasteiger partial charge in [-0.15, -0.1) is 0 Å². The zero-order chi connectivity index (χ0) is 42.2. The standard InChI is InChI=1S/C60H44N4/c1-2-18-49(19-3-1)64-56-24-12-10-22-53(56)60(54-23-11-13-25-57(54)64)52-21-9-8-20-50(52)51-35-34-46(38-55(51)60)43-28-26-40(27-29-43)39-63-59(48-33-31-42-15-5-7-17-45(42)37-48)61-58(62-63)47-32-30-41-14-4-6-16-44(41)36-47/h1-38,58-59,61-62H,39H2. The number of hydrogen-bond acceptors (Lipinski definition) is 4. The van der Waals surface area contributed by atoms with Crippen molar-refractivity contribution in [3.05, 3.63) is 269 Å². The van der Waals surface area contributed by atoms with Gasteiger partial charge in [0, 0.05) is 12.2 Å². The van der Waals surface area contributed by atoms with E-state index < -0.39 is 5.41 Å². The van der Waals surface area contributed by atoms with Gasteiger partial charge in [0.1, 0.15) is 6.17 Å². The van der Waals surface area contributed by atoms with Crippen LogP contribution >= 0.6 is 0 Å². The number of benzene rings is 10. The van der Waals surface area contributed by atoms with Crippen LogP contribution in [0.1, 0.15) is 51.3 Å². The van der Waals surface area contributed by atoms with Crippen molar-refractivity contribution in [2.24, 2.45) is 0 Å². The summed E-state index contributed by atoms with van der Waals surface area (Å²) >= 11 is 0. The third-order valence-corrected chi connectivity index (χ3v) is 13.9. The highest BCUT2D eigenvalue weighted by Crippen LogP contribution is 2.63. The lowest BCUT2D eigenvalue weighted by Gasteiger charge is -2.45. The van der Waals surface area contributed by atoms with Gasteiger partial charge >= 0.3 is 0 Å². The van der Waals surface area contributed by atoms with E-state index in [9.17, 15) is 0 Å². The molecule has 4 nitrogen and oxygen atoms in total. The molecule has 2 aliphatic heterocycles. The number of nitrogens with one attached hydrogen (secondary N) is 2. The molecular weight excluding hydrogens is 777 g/mol. The Bertz CT molecular complexity index is 3360. The fraction of sp³-hybridized carbons (Fsp3) is 0.0667. The van der Waals surface area contributed by atoms with E-state index in [-0.39, 0.29) is 12.3 Å². The van der Waals surface area contributed by atoms with Crippen molar-refractivity contribution >= 4 is 38.6 Å². The van der Waals surface area contributed by atoms with E-state index >= 15 is 0 Å². The lowest BCUT2D eigenvalue weighted by atomic mass is 9.64. The van der Waals surface area contributed by atoms with Crippen LogP contribution in [0, 0.1) is 0 Å². The fourth-order valence-electron chi connectivity index (χ4n) is 11.0. The maximum absolute atomic E-state index is 3.96. The van der Waals surface area contributed by atoms with Gasteiger partial charge in [0.15, 0.2) is 0 Å². The van der Waals surface area contributed by atoms with Gasteiger partial charge in [0.05, 0.1) is 23.0 Å². The molecule has 10 aromatic rings. The molecule has 1 fully saturated rings. The van der Waals surface area contributed by atoms with E-state index in [2.05, 4.69) is 251 Å². The Balaban J connectivity index is 0.876. The summed E-state index contributed by atoms with van der Waals surface area (Å²) in [4.78, 5) is 2.44. The van der Waals surface area contributed by atoms with Crippen LogP contribution in [-0.2, 0) is 12.0 Å². The van der Waals surface area contributed by atoms with Crippen molar-refractivity contribution in [1.82, 2.24) is 15.8 Å². The molecule has 0 radical (unpaired) electrons. The minimum absolute atomic E-state index is 0.0330. The molecule has 2 unspecified atom stereocenters. The van der Waals surface area contributed by atoms with Crippen LogP contribution in [0.5, 0.6) is 0 Å². The van der Waals surface area contributed by atoms with Crippen molar-refractivity contribution < 1.29 is 0 Å². The number of fused-ring (bicyclic) bond motifs is 11. The first-order valence-corrected chi connectivity index (χ1v) is 22.3. The van der Waals surface area contributed by atoms with Crippen LogP contribution in [0.25, 0.3) is 43.8 Å². The molecule has 2 heterocycles. The molecule has 13 rings (SSSR count). The molecule has 64 heavy (non-hydrogen) atoms. The molecule has 0 aromatic heterocycles. The van der Waals surface area contributed by atoms with Crippen molar-refractivity contribution in [3.63, 3.8) is 0 Å². The predicted molar refractivity (Wildman–Crippen MR) is 263 cm³/mol. The molecule has 2 atom stereocenters. The predicted octanol–water partition coefficient (Wildman–Crippen LogP) is 14.1. The van der Waals surface area contributed by atoms with Gasteiger partial charge in [-0.3, -0.25) is 5.32 Å². The molecular formula is C60H44N4. The number of para-hydroxylation sites is 3. The molecule has 0 saturated carbocycles. The van der Waals surface area contributed by atoms with Crippen molar-refractivity contribution in [1.29, 1.82) is 0 Å². The van der Waals surface area contributed by atoms with Crippen molar-refractivity contribution in [2.45, 2.75) is 24.3 Å². The van der Waals surface area contributed by atoms with E-state index in [1.165, 1.54) is 94.1 Å². The molecule has 304 valence electrons. The third-order valence-electron chi connectivity index (χ3n) is 13.9. The summed E-state index contributed by atoms with van der Waals surface area (Å²) in [7, 11) is 0.